The van der Waals surface area contributed by atoms with Crippen molar-refractivity contribution < 1.29 is 13.2 Å². The molecule has 0 atom stereocenters. The molecule has 22 heavy (non-hydrogen) atoms. The highest BCUT2D eigenvalue weighted by molar-refractivity contribution is 7.89. The summed E-state index contributed by atoms with van der Waals surface area (Å²) in [7, 11) is -3.58. The number of hydrogen-bond donors (Lipinski definition) is 2. The number of H-pyrrole nitrogens is 1. The molecule has 1 aliphatic rings. The Hall–Kier alpha value is -1.41. The summed E-state index contributed by atoms with van der Waals surface area (Å²) in [4.78, 5) is 14.0. The van der Waals surface area contributed by atoms with E-state index in [0.29, 0.717) is 37.3 Å². The summed E-state index contributed by atoms with van der Waals surface area (Å²) in [6.07, 6.45) is 1.27. The minimum absolute atomic E-state index is 0.0236. The maximum atomic E-state index is 12.5. The Bertz CT molecular complexity index is 624. The highest BCUT2D eigenvalue weighted by Crippen LogP contribution is 2.20. The lowest BCUT2D eigenvalue weighted by Crippen LogP contribution is -2.47. The van der Waals surface area contributed by atoms with Crippen molar-refractivity contribution in [2.75, 3.05) is 13.1 Å². The van der Waals surface area contributed by atoms with Crippen LogP contribution < -0.4 is 4.72 Å². The normalized spacial score (nSPS) is 17.2. The third-order valence-corrected chi connectivity index (χ3v) is 5.73. The van der Waals surface area contributed by atoms with Crippen molar-refractivity contribution in [2.45, 2.75) is 51.5 Å². The molecule has 1 aliphatic heterocycles. The van der Waals surface area contributed by atoms with Crippen molar-refractivity contribution >= 4 is 15.9 Å². The molecule has 0 unspecified atom stereocenters. The number of piperidine rings is 1. The summed E-state index contributed by atoms with van der Waals surface area (Å²) in [6.45, 7) is 8.30. The molecule has 1 aromatic heterocycles. The quantitative estimate of drug-likeness (QED) is 0.860. The summed E-state index contributed by atoms with van der Waals surface area (Å²) in [5.74, 6) is 0.104. The van der Waals surface area contributed by atoms with Gasteiger partial charge in [0.25, 0.3) is 0 Å². The van der Waals surface area contributed by atoms with E-state index in [1.165, 1.54) is 0 Å². The average molecular weight is 328 g/mol. The lowest BCUT2D eigenvalue weighted by Gasteiger charge is -2.33. The Labute approximate surface area is 131 Å². The van der Waals surface area contributed by atoms with Crippen LogP contribution in [0.5, 0.6) is 0 Å². The van der Waals surface area contributed by atoms with Crippen molar-refractivity contribution in [3.63, 3.8) is 0 Å². The first-order valence-electron chi connectivity index (χ1n) is 7.55. The second-order valence-electron chi connectivity index (χ2n) is 6.14. The van der Waals surface area contributed by atoms with Gasteiger partial charge >= 0.3 is 0 Å². The Balaban J connectivity index is 2.00. The SMILES string of the molecule is Cc1n[nH]c(C)c1S(=O)(=O)NC1CCN(C(=O)C(C)C)CC1. The molecule has 7 nitrogen and oxygen atoms in total. The number of hydrogen-bond acceptors (Lipinski definition) is 4. The number of carbonyl (C=O) groups excluding carboxylic acids is 1. The third-order valence-electron chi connectivity index (χ3n) is 3.95. The number of aryl methyl sites for hydroxylation is 2. The maximum absolute atomic E-state index is 12.5. The van der Waals surface area contributed by atoms with Gasteiger partial charge in [0.2, 0.25) is 15.9 Å². The highest BCUT2D eigenvalue weighted by Gasteiger charge is 2.29. The van der Waals surface area contributed by atoms with Gasteiger partial charge in [-0.15, -0.1) is 0 Å². The van der Waals surface area contributed by atoms with Gasteiger partial charge in [0.15, 0.2) is 0 Å². The number of carbonyl (C=O) groups is 1. The van der Waals surface area contributed by atoms with Crippen molar-refractivity contribution in [3.8, 4) is 0 Å². The lowest BCUT2D eigenvalue weighted by molar-refractivity contribution is -0.135. The van der Waals surface area contributed by atoms with Gasteiger partial charge in [0, 0.05) is 25.0 Å². The molecule has 0 radical (unpaired) electrons. The molecule has 1 aromatic rings. The van der Waals surface area contributed by atoms with Crippen molar-refractivity contribution in [1.82, 2.24) is 19.8 Å². The number of likely N-dealkylation sites (tertiary alicyclic amines) is 1. The van der Waals surface area contributed by atoms with Gasteiger partial charge in [0.1, 0.15) is 4.90 Å². The topological polar surface area (TPSA) is 95.2 Å². The van der Waals surface area contributed by atoms with E-state index in [4.69, 9.17) is 0 Å². The van der Waals surface area contributed by atoms with Crippen LogP contribution >= 0.6 is 0 Å². The molecule has 1 saturated heterocycles. The molecule has 0 spiro atoms. The number of amides is 1. The van der Waals surface area contributed by atoms with Gasteiger partial charge in [-0.05, 0) is 26.7 Å². The van der Waals surface area contributed by atoms with E-state index in [1.54, 1.807) is 13.8 Å². The van der Waals surface area contributed by atoms with Crippen LogP contribution in [0, 0.1) is 19.8 Å². The monoisotopic (exact) mass is 328 g/mol. The summed E-state index contributed by atoms with van der Waals surface area (Å²) in [5, 5.41) is 6.63. The van der Waals surface area contributed by atoms with Crippen molar-refractivity contribution in [3.05, 3.63) is 11.4 Å². The average Bonchev–Trinajstić information content (AvgIpc) is 2.78. The second kappa shape index (κ2) is 6.37. The van der Waals surface area contributed by atoms with Gasteiger partial charge in [0.05, 0.1) is 11.4 Å². The molecular weight excluding hydrogens is 304 g/mol. The Morgan fingerprint density at radius 1 is 1.32 bits per heavy atom. The van der Waals surface area contributed by atoms with Crippen molar-refractivity contribution in [1.29, 1.82) is 0 Å². The van der Waals surface area contributed by atoms with Crippen LogP contribution in [0.1, 0.15) is 38.1 Å². The van der Waals surface area contributed by atoms with Gasteiger partial charge in [-0.2, -0.15) is 5.10 Å². The third kappa shape index (κ3) is 3.49. The molecule has 0 aliphatic carbocycles. The van der Waals surface area contributed by atoms with Crippen LogP contribution in [-0.4, -0.2) is 48.6 Å². The smallest absolute Gasteiger partial charge is 0.244 e. The first-order valence-corrected chi connectivity index (χ1v) is 9.03. The van der Waals surface area contributed by atoms with E-state index < -0.39 is 10.0 Å². The van der Waals surface area contributed by atoms with Crippen LogP contribution in [-0.2, 0) is 14.8 Å². The fourth-order valence-corrected chi connectivity index (χ4v) is 4.47. The number of aromatic nitrogens is 2. The zero-order chi connectivity index (χ0) is 16.5. The molecule has 0 saturated carbocycles. The fraction of sp³-hybridized carbons (Fsp3) is 0.714. The minimum atomic E-state index is -3.58. The zero-order valence-corrected chi connectivity index (χ0v) is 14.3. The molecule has 2 heterocycles. The van der Waals surface area contributed by atoms with Crippen LogP contribution in [0.25, 0.3) is 0 Å². The lowest BCUT2D eigenvalue weighted by atomic mass is 10.0. The molecule has 124 valence electrons. The molecular formula is C14H24N4O3S. The first-order chi connectivity index (χ1) is 10.2. The molecule has 1 amide bonds. The summed E-state index contributed by atoms with van der Waals surface area (Å²) in [6, 6.07) is -0.144. The van der Waals surface area contributed by atoms with Crippen LogP contribution in [0.4, 0.5) is 0 Å². The number of aromatic amines is 1. The van der Waals surface area contributed by atoms with Crippen LogP contribution in [0.3, 0.4) is 0 Å². The number of nitrogens with zero attached hydrogens (tertiary/aromatic N) is 2. The maximum Gasteiger partial charge on any atom is 0.244 e. The van der Waals surface area contributed by atoms with E-state index in [0.717, 1.165) is 0 Å². The number of sulfonamides is 1. The van der Waals surface area contributed by atoms with Gasteiger partial charge in [-0.3, -0.25) is 9.89 Å². The molecule has 0 bridgehead atoms. The van der Waals surface area contributed by atoms with Gasteiger partial charge in [-0.1, -0.05) is 13.8 Å². The van der Waals surface area contributed by atoms with E-state index in [-0.39, 0.29) is 22.8 Å². The van der Waals surface area contributed by atoms with E-state index in [2.05, 4.69) is 14.9 Å². The predicted molar refractivity (Wildman–Crippen MR) is 82.8 cm³/mol. The number of rotatable bonds is 4. The molecule has 0 aromatic carbocycles. The Kier molecular flexibility index (Phi) is 4.91. The van der Waals surface area contributed by atoms with Gasteiger partial charge in [-0.25, -0.2) is 13.1 Å². The summed E-state index contributed by atoms with van der Waals surface area (Å²) >= 11 is 0. The molecule has 2 rings (SSSR count). The Morgan fingerprint density at radius 3 is 2.36 bits per heavy atom. The zero-order valence-electron chi connectivity index (χ0n) is 13.5. The molecule has 1 fully saturated rings. The highest BCUT2D eigenvalue weighted by atomic mass is 32.2. The Morgan fingerprint density at radius 2 is 1.91 bits per heavy atom. The van der Waals surface area contributed by atoms with Gasteiger partial charge < -0.3 is 4.90 Å². The number of nitrogens with one attached hydrogen (secondary N) is 2. The molecule has 8 heteroatoms. The van der Waals surface area contributed by atoms with Crippen LogP contribution in [0.15, 0.2) is 4.90 Å². The summed E-state index contributed by atoms with van der Waals surface area (Å²) < 4.78 is 27.7. The largest absolute Gasteiger partial charge is 0.342 e. The minimum Gasteiger partial charge on any atom is -0.342 e. The first kappa shape index (κ1) is 17.0. The summed E-state index contributed by atoms with van der Waals surface area (Å²) in [5.41, 5.74) is 1.01. The van der Waals surface area contributed by atoms with E-state index in [9.17, 15) is 13.2 Å². The fourth-order valence-electron chi connectivity index (χ4n) is 2.80. The standard InChI is InChI=1S/C14H24N4O3S/c1-9(2)14(19)18-7-5-12(6-8-18)17-22(20,21)13-10(3)15-16-11(13)4/h9,12,17H,5-8H2,1-4H3,(H,15,16). The van der Waals surface area contributed by atoms with Crippen LogP contribution in [0.2, 0.25) is 0 Å². The second-order valence-corrected chi connectivity index (χ2v) is 7.79. The molecule has 2 N–H and O–H groups in total. The van der Waals surface area contributed by atoms with E-state index >= 15 is 0 Å². The van der Waals surface area contributed by atoms with Crippen molar-refractivity contribution in [2.24, 2.45) is 5.92 Å². The predicted octanol–water partition coefficient (Wildman–Crippen LogP) is 0.952. The van der Waals surface area contributed by atoms with E-state index in [1.807, 2.05) is 18.7 Å².